The van der Waals surface area contributed by atoms with E-state index in [9.17, 15) is 5.11 Å². The fourth-order valence-electron chi connectivity index (χ4n) is 1.82. The lowest BCUT2D eigenvalue weighted by molar-refractivity contribution is 0.0305. The summed E-state index contributed by atoms with van der Waals surface area (Å²) in [6.07, 6.45) is 0. The summed E-state index contributed by atoms with van der Waals surface area (Å²) in [6.45, 7) is 4.81. The fraction of sp³-hybridized carbons (Fsp3) is 0.455. The van der Waals surface area contributed by atoms with Crippen LogP contribution in [-0.4, -0.2) is 28.8 Å². The molecule has 0 aliphatic carbocycles. The molecule has 1 fully saturated rings. The van der Waals surface area contributed by atoms with Crippen LogP contribution in [0.2, 0.25) is 0 Å². The highest BCUT2D eigenvalue weighted by Crippen LogP contribution is 2.26. The van der Waals surface area contributed by atoms with Crippen LogP contribution in [0, 0.1) is 18.3 Å². The standard InChI is InChI=1S/C11H13N3O/c1-8-3-9(5-12)4-10(13-8)14-6-11(2,15)7-14/h3-4,15H,6-7H2,1-2H3. The average Bonchev–Trinajstić information content (AvgIpc) is 2.13. The second-order valence-corrected chi connectivity index (χ2v) is 4.32. The van der Waals surface area contributed by atoms with Crippen LogP contribution in [0.4, 0.5) is 5.82 Å². The lowest BCUT2D eigenvalue weighted by Crippen LogP contribution is -2.60. The van der Waals surface area contributed by atoms with Gasteiger partial charge in [0.15, 0.2) is 0 Å². The van der Waals surface area contributed by atoms with Gasteiger partial charge < -0.3 is 10.0 Å². The molecule has 1 aromatic heterocycles. The van der Waals surface area contributed by atoms with Gasteiger partial charge in [0.25, 0.3) is 0 Å². The fourth-order valence-corrected chi connectivity index (χ4v) is 1.82. The van der Waals surface area contributed by atoms with E-state index in [2.05, 4.69) is 11.1 Å². The van der Waals surface area contributed by atoms with Crippen LogP contribution in [0.15, 0.2) is 12.1 Å². The van der Waals surface area contributed by atoms with E-state index in [1.807, 2.05) is 11.8 Å². The summed E-state index contributed by atoms with van der Waals surface area (Å²) in [4.78, 5) is 6.30. The molecule has 0 bridgehead atoms. The van der Waals surface area contributed by atoms with Gasteiger partial charge in [0, 0.05) is 18.8 Å². The molecule has 1 aliphatic rings. The summed E-state index contributed by atoms with van der Waals surface area (Å²) in [6, 6.07) is 5.61. The van der Waals surface area contributed by atoms with Gasteiger partial charge >= 0.3 is 0 Å². The maximum Gasteiger partial charge on any atom is 0.130 e. The van der Waals surface area contributed by atoms with Crippen molar-refractivity contribution < 1.29 is 5.11 Å². The van der Waals surface area contributed by atoms with Crippen LogP contribution in [-0.2, 0) is 0 Å². The van der Waals surface area contributed by atoms with E-state index < -0.39 is 5.60 Å². The molecule has 1 N–H and O–H groups in total. The van der Waals surface area contributed by atoms with Gasteiger partial charge in [0.05, 0.1) is 17.2 Å². The smallest absolute Gasteiger partial charge is 0.130 e. The molecule has 1 aromatic rings. The average molecular weight is 203 g/mol. The Morgan fingerprint density at radius 1 is 1.53 bits per heavy atom. The van der Waals surface area contributed by atoms with Gasteiger partial charge in [-0.15, -0.1) is 0 Å². The van der Waals surface area contributed by atoms with E-state index in [-0.39, 0.29) is 0 Å². The van der Waals surface area contributed by atoms with Crippen molar-refractivity contribution in [2.24, 2.45) is 0 Å². The minimum absolute atomic E-state index is 0.578. The maximum atomic E-state index is 9.61. The molecule has 1 aliphatic heterocycles. The summed E-state index contributed by atoms with van der Waals surface area (Å²) in [7, 11) is 0. The molecule has 0 atom stereocenters. The van der Waals surface area contributed by atoms with Crippen molar-refractivity contribution in [3.8, 4) is 6.07 Å². The largest absolute Gasteiger partial charge is 0.386 e. The third-order valence-electron chi connectivity index (χ3n) is 2.46. The van der Waals surface area contributed by atoms with Gasteiger partial charge in [-0.1, -0.05) is 0 Å². The van der Waals surface area contributed by atoms with E-state index in [1.165, 1.54) is 0 Å². The number of aryl methyl sites for hydroxylation is 1. The van der Waals surface area contributed by atoms with E-state index in [4.69, 9.17) is 5.26 Å². The Morgan fingerprint density at radius 3 is 2.73 bits per heavy atom. The van der Waals surface area contributed by atoms with Crippen molar-refractivity contribution >= 4 is 5.82 Å². The molecular formula is C11H13N3O. The first-order valence-corrected chi connectivity index (χ1v) is 4.86. The molecule has 0 saturated carbocycles. The zero-order valence-electron chi connectivity index (χ0n) is 8.86. The molecule has 2 heterocycles. The van der Waals surface area contributed by atoms with Crippen LogP contribution in [0.3, 0.4) is 0 Å². The van der Waals surface area contributed by atoms with Crippen LogP contribution in [0.1, 0.15) is 18.2 Å². The Hall–Kier alpha value is -1.60. The first-order chi connectivity index (χ1) is 7.00. The minimum atomic E-state index is -0.613. The first-order valence-electron chi connectivity index (χ1n) is 4.86. The van der Waals surface area contributed by atoms with E-state index in [0.29, 0.717) is 18.7 Å². The Bertz CT molecular complexity index is 426. The second kappa shape index (κ2) is 3.21. The summed E-state index contributed by atoms with van der Waals surface area (Å²) in [5, 5.41) is 18.4. The number of rotatable bonds is 1. The molecule has 4 nitrogen and oxygen atoms in total. The molecule has 2 rings (SSSR count). The Kier molecular flexibility index (Phi) is 2.13. The quantitative estimate of drug-likeness (QED) is 0.734. The predicted molar refractivity (Wildman–Crippen MR) is 56.5 cm³/mol. The Morgan fingerprint density at radius 2 is 2.20 bits per heavy atom. The lowest BCUT2D eigenvalue weighted by Gasteiger charge is -2.45. The highest BCUT2D eigenvalue weighted by molar-refractivity contribution is 5.49. The Labute approximate surface area is 88.8 Å². The number of anilines is 1. The van der Waals surface area contributed by atoms with Gasteiger partial charge in [0.2, 0.25) is 0 Å². The van der Waals surface area contributed by atoms with Crippen LogP contribution >= 0.6 is 0 Å². The van der Waals surface area contributed by atoms with Crippen LogP contribution in [0.25, 0.3) is 0 Å². The molecule has 0 unspecified atom stereocenters. The molecule has 4 heteroatoms. The molecule has 1 saturated heterocycles. The molecular weight excluding hydrogens is 190 g/mol. The number of pyridine rings is 1. The summed E-state index contributed by atoms with van der Waals surface area (Å²) >= 11 is 0. The number of aromatic nitrogens is 1. The first kappa shape index (κ1) is 9.94. The van der Waals surface area contributed by atoms with Gasteiger partial charge in [-0.3, -0.25) is 0 Å². The summed E-state index contributed by atoms with van der Waals surface area (Å²) in [5.41, 5.74) is 0.831. The highest BCUT2D eigenvalue weighted by atomic mass is 16.3. The molecule has 0 aromatic carbocycles. The molecule has 78 valence electrons. The number of hydrogen-bond acceptors (Lipinski definition) is 4. The second-order valence-electron chi connectivity index (χ2n) is 4.32. The molecule has 15 heavy (non-hydrogen) atoms. The number of hydrogen-bond donors (Lipinski definition) is 1. The number of aliphatic hydroxyl groups is 1. The highest BCUT2D eigenvalue weighted by Gasteiger charge is 2.37. The Balaban J connectivity index is 2.24. The normalized spacial score (nSPS) is 18.1. The third kappa shape index (κ3) is 1.92. The third-order valence-corrected chi connectivity index (χ3v) is 2.46. The van der Waals surface area contributed by atoms with Crippen molar-refractivity contribution in [2.75, 3.05) is 18.0 Å². The lowest BCUT2D eigenvalue weighted by atomic mass is 9.97. The number of β-amino-alcohol motifs (C(OH)–C–C–N with tert-alkyl or cyclic N) is 1. The van der Waals surface area contributed by atoms with Gasteiger partial charge in [-0.2, -0.15) is 5.26 Å². The topological polar surface area (TPSA) is 60.2 Å². The minimum Gasteiger partial charge on any atom is -0.386 e. The maximum absolute atomic E-state index is 9.61. The van der Waals surface area contributed by atoms with E-state index in [0.717, 1.165) is 11.5 Å². The summed E-state index contributed by atoms with van der Waals surface area (Å²) in [5.74, 6) is 0.776. The zero-order chi connectivity index (χ0) is 11.1. The van der Waals surface area contributed by atoms with E-state index in [1.54, 1.807) is 19.1 Å². The van der Waals surface area contributed by atoms with Gasteiger partial charge in [-0.25, -0.2) is 4.98 Å². The predicted octanol–water partition coefficient (Wildman–Crippen LogP) is 0.833. The molecule has 0 spiro atoms. The van der Waals surface area contributed by atoms with Gasteiger partial charge in [-0.05, 0) is 26.0 Å². The van der Waals surface area contributed by atoms with Crippen molar-refractivity contribution in [2.45, 2.75) is 19.4 Å². The summed E-state index contributed by atoms with van der Waals surface area (Å²) < 4.78 is 0. The zero-order valence-corrected chi connectivity index (χ0v) is 8.86. The van der Waals surface area contributed by atoms with Crippen LogP contribution in [0.5, 0.6) is 0 Å². The van der Waals surface area contributed by atoms with Crippen molar-refractivity contribution in [3.63, 3.8) is 0 Å². The monoisotopic (exact) mass is 203 g/mol. The van der Waals surface area contributed by atoms with Gasteiger partial charge in [0.1, 0.15) is 5.82 Å². The van der Waals surface area contributed by atoms with Crippen molar-refractivity contribution in [3.05, 3.63) is 23.4 Å². The van der Waals surface area contributed by atoms with E-state index >= 15 is 0 Å². The van der Waals surface area contributed by atoms with Crippen LogP contribution < -0.4 is 4.90 Å². The van der Waals surface area contributed by atoms with Crippen molar-refractivity contribution in [1.29, 1.82) is 5.26 Å². The molecule has 0 amide bonds. The SMILES string of the molecule is Cc1cc(C#N)cc(N2CC(C)(O)C2)n1. The van der Waals surface area contributed by atoms with Crippen molar-refractivity contribution in [1.82, 2.24) is 4.98 Å². The number of nitriles is 1. The molecule has 0 radical (unpaired) electrons. The number of nitrogens with zero attached hydrogens (tertiary/aromatic N) is 3.